The third-order valence-electron chi connectivity index (χ3n) is 3.92. The molecule has 0 saturated carbocycles. The van der Waals surface area contributed by atoms with Crippen LogP contribution in [0, 0.1) is 0 Å². The molecular formula is C20H25NO5. The number of hydrogen-bond acceptors (Lipinski definition) is 5. The van der Waals surface area contributed by atoms with Gasteiger partial charge < -0.3 is 24.3 Å². The molecule has 0 heterocycles. The van der Waals surface area contributed by atoms with Crippen LogP contribution in [-0.4, -0.2) is 33.3 Å². The maximum absolute atomic E-state index is 12.4. The highest BCUT2D eigenvalue weighted by molar-refractivity contribution is 5.81. The van der Waals surface area contributed by atoms with E-state index in [0.29, 0.717) is 30.2 Å². The van der Waals surface area contributed by atoms with Gasteiger partial charge in [0.2, 0.25) is 0 Å². The van der Waals surface area contributed by atoms with Crippen molar-refractivity contribution in [1.29, 1.82) is 0 Å². The molecule has 2 aromatic rings. The normalized spacial score (nSPS) is 11.4. The second-order valence-corrected chi connectivity index (χ2v) is 5.60. The number of amides is 1. The van der Waals surface area contributed by atoms with Gasteiger partial charge in [-0.1, -0.05) is 13.0 Å². The van der Waals surface area contributed by atoms with Crippen molar-refractivity contribution in [3.05, 3.63) is 48.0 Å². The lowest BCUT2D eigenvalue weighted by Crippen LogP contribution is -2.37. The summed E-state index contributed by atoms with van der Waals surface area (Å²) in [5.41, 5.74) is 0.912. The summed E-state index contributed by atoms with van der Waals surface area (Å²) in [6.07, 6.45) is -0.00685. The molecule has 0 aliphatic rings. The standard InChI is InChI=1S/C20H25NO5/c1-5-17(26-16-9-7-15(23-2)8-10-16)20(22)21-13-14-6-11-18(24-3)19(12-14)25-4/h6-12,17H,5,13H2,1-4H3,(H,21,22)/t17-/m0/s1. The fourth-order valence-corrected chi connectivity index (χ4v) is 2.43. The van der Waals surface area contributed by atoms with Crippen LogP contribution in [0.25, 0.3) is 0 Å². The second kappa shape index (κ2) is 9.56. The zero-order valence-electron chi connectivity index (χ0n) is 15.6. The number of benzene rings is 2. The molecule has 140 valence electrons. The van der Waals surface area contributed by atoms with Gasteiger partial charge in [0.25, 0.3) is 5.91 Å². The van der Waals surface area contributed by atoms with Crippen molar-refractivity contribution in [3.63, 3.8) is 0 Å². The minimum absolute atomic E-state index is 0.168. The molecule has 1 N–H and O–H groups in total. The first-order valence-electron chi connectivity index (χ1n) is 8.40. The van der Waals surface area contributed by atoms with Gasteiger partial charge in [-0.05, 0) is 48.4 Å². The summed E-state index contributed by atoms with van der Waals surface area (Å²) in [6, 6.07) is 12.7. The minimum Gasteiger partial charge on any atom is -0.497 e. The molecule has 0 saturated heterocycles. The molecule has 0 aromatic heterocycles. The largest absolute Gasteiger partial charge is 0.497 e. The van der Waals surface area contributed by atoms with E-state index in [9.17, 15) is 4.79 Å². The quantitative estimate of drug-likeness (QED) is 0.745. The average Bonchev–Trinajstić information content (AvgIpc) is 2.70. The lowest BCUT2D eigenvalue weighted by Gasteiger charge is -2.18. The topological polar surface area (TPSA) is 66.0 Å². The lowest BCUT2D eigenvalue weighted by molar-refractivity contribution is -0.128. The number of rotatable bonds is 9. The Labute approximate surface area is 154 Å². The van der Waals surface area contributed by atoms with Crippen molar-refractivity contribution in [2.45, 2.75) is 26.0 Å². The number of carbonyl (C=O) groups is 1. The van der Waals surface area contributed by atoms with E-state index < -0.39 is 6.10 Å². The summed E-state index contributed by atoms with van der Waals surface area (Å²) < 4.78 is 21.4. The molecule has 26 heavy (non-hydrogen) atoms. The maximum atomic E-state index is 12.4. The summed E-state index contributed by atoms with van der Waals surface area (Å²) in [5, 5.41) is 2.90. The first-order chi connectivity index (χ1) is 12.6. The highest BCUT2D eigenvalue weighted by atomic mass is 16.5. The third kappa shape index (κ3) is 5.05. The molecule has 6 nitrogen and oxygen atoms in total. The highest BCUT2D eigenvalue weighted by Crippen LogP contribution is 2.27. The molecule has 6 heteroatoms. The Balaban J connectivity index is 1.96. The van der Waals surface area contributed by atoms with Crippen molar-refractivity contribution >= 4 is 5.91 Å². The monoisotopic (exact) mass is 359 g/mol. The second-order valence-electron chi connectivity index (χ2n) is 5.60. The van der Waals surface area contributed by atoms with E-state index >= 15 is 0 Å². The van der Waals surface area contributed by atoms with Gasteiger partial charge in [0.1, 0.15) is 11.5 Å². The molecule has 2 rings (SSSR count). The zero-order valence-corrected chi connectivity index (χ0v) is 15.6. The van der Waals surface area contributed by atoms with Crippen molar-refractivity contribution in [2.75, 3.05) is 21.3 Å². The van der Waals surface area contributed by atoms with Gasteiger partial charge in [0.15, 0.2) is 17.6 Å². The molecule has 0 unspecified atom stereocenters. The van der Waals surface area contributed by atoms with E-state index in [4.69, 9.17) is 18.9 Å². The summed E-state index contributed by atoms with van der Waals surface area (Å²) >= 11 is 0. The molecular weight excluding hydrogens is 334 g/mol. The molecule has 1 atom stereocenters. The minimum atomic E-state index is -0.566. The number of carbonyl (C=O) groups excluding carboxylic acids is 1. The SMILES string of the molecule is CC[C@H](Oc1ccc(OC)cc1)C(=O)NCc1ccc(OC)c(OC)c1. The van der Waals surface area contributed by atoms with Crippen molar-refractivity contribution in [1.82, 2.24) is 5.32 Å². The number of hydrogen-bond donors (Lipinski definition) is 1. The third-order valence-corrected chi connectivity index (χ3v) is 3.92. The molecule has 0 radical (unpaired) electrons. The summed E-state index contributed by atoms with van der Waals surface area (Å²) in [6.45, 7) is 2.28. The Morgan fingerprint density at radius 1 is 0.923 bits per heavy atom. The van der Waals surface area contributed by atoms with E-state index in [2.05, 4.69) is 5.32 Å². The predicted molar refractivity (Wildman–Crippen MR) is 99.1 cm³/mol. The van der Waals surface area contributed by atoms with Crippen LogP contribution in [0.5, 0.6) is 23.0 Å². The lowest BCUT2D eigenvalue weighted by atomic mass is 10.2. The van der Waals surface area contributed by atoms with Crippen molar-refractivity contribution in [2.24, 2.45) is 0 Å². The van der Waals surface area contributed by atoms with Gasteiger partial charge in [0.05, 0.1) is 21.3 Å². The van der Waals surface area contributed by atoms with Gasteiger partial charge >= 0.3 is 0 Å². The van der Waals surface area contributed by atoms with Crippen LogP contribution in [0.2, 0.25) is 0 Å². The first kappa shape index (κ1) is 19.4. The van der Waals surface area contributed by atoms with Crippen molar-refractivity contribution < 1.29 is 23.7 Å². The Bertz CT molecular complexity index is 715. The van der Waals surface area contributed by atoms with E-state index in [1.165, 1.54) is 0 Å². The van der Waals surface area contributed by atoms with E-state index in [1.54, 1.807) is 45.6 Å². The predicted octanol–water partition coefficient (Wildman–Crippen LogP) is 3.19. The van der Waals surface area contributed by atoms with Crippen LogP contribution in [0.3, 0.4) is 0 Å². The van der Waals surface area contributed by atoms with Crippen LogP contribution in [0.1, 0.15) is 18.9 Å². The average molecular weight is 359 g/mol. The first-order valence-corrected chi connectivity index (χ1v) is 8.40. The Hall–Kier alpha value is -2.89. The van der Waals surface area contributed by atoms with Gasteiger partial charge in [-0.2, -0.15) is 0 Å². The maximum Gasteiger partial charge on any atom is 0.261 e. The van der Waals surface area contributed by atoms with E-state index in [1.807, 2.05) is 25.1 Å². The molecule has 0 aliphatic carbocycles. The fourth-order valence-electron chi connectivity index (χ4n) is 2.43. The Kier molecular flexibility index (Phi) is 7.14. The molecule has 1 amide bonds. The van der Waals surface area contributed by atoms with Gasteiger partial charge in [0, 0.05) is 6.54 Å². The van der Waals surface area contributed by atoms with E-state index in [0.717, 1.165) is 11.3 Å². The molecule has 0 aliphatic heterocycles. The molecule has 0 bridgehead atoms. The van der Waals surface area contributed by atoms with E-state index in [-0.39, 0.29) is 5.91 Å². The van der Waals surface area contributed by atoms with Crippen LogP contribution in [-0.2, 0) is 11.3 Å². The van der Waals surface area contributed by atoms with Gasteiger partial charge in [-0.3, -0.25) is 4.79 Å². The van der Waals surface area contributed by atoms with Crippen molar-refractivity contribution in [3.8, 4) is 23.0 Å². The number of methoxy groups -OCH3 is 3. The molecule has 0 fully saturated rings. The van der Waals surface area contributed by atoms with Crippen LogP contribution < -0.4 is 24.3 Å². The Morgan fingerprint density at radius 3 is 2.15 bits per heavy atom. The Morgan fingerprint density at radius 2 is 1.58 bits per heavy atom. The number of nitrogens with one attached hydrogen (secondary N) is 1. The highest BCUT2D eigenvalue weighted by Gasteiger charge is 2.18. The van der Waals surface area contributed by atoms with Gasteiger partial charge in [-0.15, -0.1) is 0 Å². The van der Waals surface area contributed by atoms with Crippen LogP contribution in [0.15, 0.2) is 42.5 Å². The smallest absolute Gasteiger partial charge is 0.261 e. The molecule has 2 aromatic carbocycles. The summed E-state index contributed by atoms with van der Waals surface area (Å²) in [5.74, 6) is 2.47. The van der Waals surface area contributed by atoms with Crippen LogP contribution in [0.4, 0.5) is 0 Å². The fraction of sp³-hybridized carbons (Fsp3) is 0.350. The molecule has 0 spiro atoms. The summed E-state index contributed by atoms with van der Waals surface area (Å²) in [7, 11) is 4.77. The number of ether oxygens (including phenoxy) is 4. The van der Waals surface area contributed by atoms with Gasteiger partial charge in [-0.25, -0.2) is 0 Å². The summed E-state index contributed by atoms with van der Waals surface area (Å²) in [4.78, 5) is 12.4. The van der Waals surface area contributed by atoms with Crippen LogP contribution >= 0.6 is 0 Å². The zero-order chi connectivity index (χ0) is 18.9.